The molecule has 0 aliphatic heterocycles. The molecule has 2 heteroatoms. The number of rotatable bonds is 4. The van der Waals surface area contributed by atoms with E-state index in [9.17, 15) is 0 Å². The van der Waals surface area contributed by atoms with Crippen molar-refractivity contribution in [2.75, 3.05) is 6.54 Å². The third-order valence-electron chi connectivity index (χ3n) is 4.36. The van der Waals surface area contributed by atoms with Crippen LogP contribution in [0.2, 0.25) is 0 Å². The van der Waals surface area contributed by atoms with Crippen molar-refractivity contribution >= 4 is 10.9 Å². The molecule has 0 amide bonds. The largest absolute Gasteiger partial charge is 0.312 e. The van der Waals surface area contributed by atoms with Gasteiger partial charge in [0.15, 0.2) is 0 Å². The lowest BCUT2D eigenvalue weighted by atomic mass is 9.70. The van der Waals surface area contributed by atoms with Gasteiger partial charge in [0, 0.05) is 24.2 Å². The van der Waals surface area contributed by atoms with Crippen molar-refractivity contribution in [3.63, 3.8) is 0 Å². The van der Waals surface area contributed by atoms with E-state index < -0.39 is 0 Å². The van der Waals surface area contributed by atoms with Crippen molar-refractivity contribution in [2.24, 2.45) is 5.41 Å². The molecule has 1 heterocycles. The number of para-hydroxylation sites is 1. The highest BCUT2D eigenvalue weighted by Crippen LogP contribution is 2.39. The van der Waals surface area contributed by atoms with Crippen LogP contribution in [0, 0.1) is 12.3 Å². The highest BCUT2D eigenvalue weighted by Gasteiger charge is 2.30. The molecule has 2 nitrogen and oxygen atoms in total. The summed E-state index contributed by atoms with van der Waals surface area (Å²) in [6.45, 7) is 6.53. The normalized spacial score (nSPS) is 17.4. The van der Waals surface area contributed by atoms with E-state index in [4.69, 9.17) is 0 Å². The highest BCUT2D eigenvalue weighted by atomic mass is 14.9. The highest BCUT2D eigenvalue weighted by molar-refractivity contribution is 5.82. The summed E-state index contributed by atoms with van der Waals surface area (Å²) in [6, 6.07) is 10.6. The van der Waals surface area contributed by atoms with Crippen LogP contribution < -0.4 is 5.32 Å². The van der Waals surface area contributed by atoms with Crippen LogP contribution in [0.5, 0.6) is 0 Å². The Labute approximate surface area is 115 Å². The van der Waals surface area contributed by atoms with Gasteiger partial charge in [-0.05, 0) is 42.9 Å². The van der Waals surface area contributed by atoms with Gasteiger partial charge < -0.3 is 5.32 Å². The molecule has 0 atom stereocenters. The molecule has 1 N–H and O–H groups in total. The van der Waals surface area contributed by atoms with Crippen molar-refractivity contribution in [3.8, 4) is 0 Å². The summed E-state index contributed by atoms with van der Waals surface area (Å²) in [4.78, 5) is 4.59. The summed E-state index contributed by atoms with van der Waals surface area (Å²) in [5, 5.41) is 4.91. The van der Waals surface area contributed by atoms with E-state index in [1.165, 1.54) is 30.2 Å². The fourth-order valence-electron chi connectivity index (χ4n) is 3.00. The zero-order valence-corrected chi connectivity index (χ0v) is 11.9. The number of fused-ring (bicyclic) bond motifs is 1. The SMILES string of the molecule is Cc1cc(CNCC2(C)CCC2)c2ccccc2n1. The average molecular weight is 254 g/mol. The molecule has 1 aliphatic carbocycles. The van der Waals surface area contributed by atoms with Crippen LogP contribution in [0.3, 0.4) is 0 Å². The first-order chi connectivity index (χ1) is 9.16. The number of pyridine rings is 1. The molecule has 0 bridgehead atoms. The topological polar surface area (TPSA) is 24.9 Å². The fourth-order valence-corrected chi connectivity index (χ4v) is 3.00. The number of hydrogen-bond donors (Lipinski definition) is 1. The molecule has 1 aliphatic rings. The van der Waals surface area contributed by atoms with Gasteiger partial charge in [-0.25, -0.2) is 0 Å². The molecule has 0 unspecified atom stereocenters. The molecule has 19 heavy (non-hydrogen) atoms. The summed E-state index contributed by atoms with van der Waals surface area (Å²) in [5.74, 6) is 0. The van der Waals surface area contributed by atoms with Crippen LogP contribution >= 0.6 is 0 Å². The first-order valence-corrected chi connectivity index (χ1v) is 7.22. The van der Waals surface area contributed by atoms with Gasteiger partial charge >= 0.3 is 0 Å². The Morgan fingerprint density at radius 2 is 2.05 bits per heavy atom. The average Bonchev–Trinajstić information content (AvgIpc) is 2.36. The van der Waals surface area contributed by atoms with Crippen LogP contribution in [-0.2, 0) is 6.54 Å². The molecular formula is C17H22N2. The first-order valence-electron chi connectivity index (χ1n) is 7.22. The molecular weight excluding hydrogens is 232 g/mol. The lowest BCUT2D eigenvalue weighted by Crippen LogP contribution is -2.37. The maximum absolute atomic E-state index is 4.59. The molecule has 2 aromatic rings. The number of benzene rings is 1. The predicted molar refractivity (Wildman–Crippen MR) is 80.1 cm³/mol. The van der Waals surface area contributed by atoms with Crippen molar-refractivity contribution in [1.82, 2.24) is 10.3 Å². The molecule has 1 aromatic carbocycles. The summed E-state index contributed by atoms with van der Waals surface area (Å²) >= 11 is 0. The Morgan fingerprint density at radius 1 is 1.26 bits per heavy atom. The van der Waals surface area contributed by atoms with Crippen LogP contribution in [0.1, 0.15) is 37.4 Å². The third kappa shape index (κ3) is 2.64. The smallest absolute Gasteiger partial charge is 0.0708 e. The second kappa shape index (κ2) is 4.93. The monoisotopic (exact) mass is 254 g/mol. The first kappa shape index (κ1) is 12.6. The van der Waals surface area contributed by atoms with E-state index in [0.717, 1.165) is 24.3 Å². The molecule has 0 spiro atoms. The van der Waals surface area contributed by atoms with Gasteiger partial charge in [-0.3, -0.25) is 4.98 Å². The molecule has 100 valence electrons. The van der Waals surface area contributed by atoms with Crippen LogP contribution in [0.15, 0.2) is 30.3 Å². The van der Waals surface area contributed by atoms with Crippen LogP contribution in [0.25, 0.3) is 10.9 Å². The zero-order chi connectivity index (χ0) is 13.3. The second-order valence-corrected chi connectivity index (χ2v) is 6.21. The Hall–Kier alpha value is -1.41. The van der Waals surface area contributed by atoms with E-state index in [1.807, 2.05) is 0 Å². The lowest BCUT2D eigenvalue weighted by Gasteiger charge is -2.38. The fraction of sp³-hybridized carbons (Fsp3) is 0.471. The van der Waals surface area contributed by atoms with E-state index in [1.54, 1.807) is 0 Å². The second-order valence-electron chi connectivity index (χ2n) is 6.21. The zero-order valence-electron chi connectivity index (χ0n) is 11.9. The predicted octanol–water partition coefficient (Wildman–Crippen LogP) is 3.82. The van der Waals surface area contributed by atoms with E-state index in [-0.39, 0.29) is 0 Å². The standard InChI is InChI=1S/C17H22N2/c1-13-10-14(11-18-12-17(2)8-5-9-17)15-6-3-4-7-16(15)19-13/h3-4,6-7,10,18H,5,8-9,11-12H2,1-2H3. The summed E-state index contributed by atoms with van der Waals surface area (Å²) < 4.78 is 0. The molecule has 3 rings (SSSR count). The quantitative estimate of drug-likeness (QED) is 0.897. The maximum Gasteiger partial charge on any atom is 0.0708 e. The number of aryl methyl sites for hydroxylation is 1. The van der Waals surface area contributed by atoms with Crippen LogP contribution in [0.4, 0.5) is 0 Å². The van der Waals surface area contributed by atoms with Gasteiger partial charge in [0.05, 0.1) is 5.52 Å². The Balaban J connectivity index is 1.76. The van der Waals surface area contributed by atoms with Crippen molar-refractivity contribution in [1.29, 1.82) is 0 Å². The molecule has 0 saturated heterocycles. The van der Waals surface area contributed by atoms with E-state index >= 15 is 0 Å². The van der Waals surface area contributed by atoms with Crippen LogP contribution in [-0.4, -0.2) is 11.5 Å². The minimum Gasteiger partial charge on any atom is -0.312 e. The van der Waals surface area contributed by atoms with Crippen molar-refractivity contribution in [3.05, 3.63) is 41.6 Å². The number of nitrogens with zero attached hydrogens (tertiary/aromatic N) is 1. The molecule has 1 saturated carbocycles. The molecule has 0 radical (unpaired) electrons. The van der Waals surface area contributed by atoms with Gasteiger partial charge in [0.25, 0.3) is 0 Å². The summed E-state index contributed by atoms with van der Waals surface area (Å²) in [5.41, 5.74) is 4.11. The Kier molecular flexibility index (Phi) is 3.28. The number of aromatic nitrogens is 1. The van der Waals surface area contributed by atoms with Gasteiger partial charge in [-0.2, -0.15) is 0 Å². The molecule has 1 aromatic heterocycles. The number of nitrogens with one attached hydrogen (secondary N) is 1. The van der Waals surface area contributed by atoms with Crippen molar-refractivity contribution < 1.29 is 0 Å². The van der Waals surface area contributed by atoms with Gasteiger partial charge in [0.1, 0.15) is 0 Å². The maximum atomic E-state index is 4.59. The minimum absolute atomic E-state index is 0.540. The van der Waals surface area contributed by atoms with E-state index in [2.05, 4.69) is 54.5 Å². The summed E-state index contributed by atoms with van der Waals surface area (Å²) in [7, 11) is 0. The Morgan fingerprint density at radius 3 is 2.79 bits per heavy atom. The van der Waals surface area contributed by atoms with Gasteiger partial charge in [-0.15, -0.1) is 0 Å². The van der Waals surface area contributed by atoms with E-state index in [0.29, 0.717) is 5.41 Å². The summed E-state index contributed by atoms with van der Waals surface area (Å²) in [6.07, 6.45) is 4.14. The Bertz CT molecular complexity index is 585. The van der Waals surface area contributed by atoms with Crippen molar-refractivity contribution in [2.45, 2.75) is 39.7 Å². The third-order valence-corrected chi connectivity index (χ3v) is 4.36. The van der Waals surface area contributed by atoms with Gasteiger partial charge in [0.2, 0.25) is 0 Å². The minimum atomic E-state index is 0.540. The lowest BCUT2D eigenvalue weighted by molar-refractivity contribution is 0.156. The van der Waals surface area contributed by atoms with Gasteiger partial charge in [-0.1, -0.05) is 31.5 Å². The molecule has 1 fully saturated rings. The number of hydrogen-bond acceptors (Lipinski definition) is 2.